The Hall–Kier alpha value is -1.42. The Morgan fingerprint density at radius 2 is 2.20 bits per heavy atom. The van der Waals surface area contributed by atoms with E-state index in [1.165, 1.54) is 0 Å². The standard InChI is InChI=1S/C16H17BrN2O/c1-11-9-14(13-6-2-3-7-15(13)18-11)16(20)19-8-4-5-12(17)10-19/h2-3,6-7,9,12H,4-5,8,10H2,1H3. The minimum Gasteiger partial charge on any atom is -0.338 e. The molecule has 1 amide bonds. The third kappa shape index (κ3) is 2.57. The number of fused-ring (bicyclic) bond motifs is 1. The van der Waals surface area contributed by atoms with E-state index in [-0.39, 0.29) is 5.91 Å². The molecule has 2 heterocycles. The SMILES string of the molecule is Cc1cc(C(=O)N2CCCC(Br)C2)c2ccccc2n1. The molecule has 2 aromatic rings. The highest BCUT2D eigenvalue weighted by atomic mass is 79.9. The van der Waals surface area contributed by atoms with Crippen molar-refractivity contribution < 1.29 is 4.79 Å². The van der Waals surface area contributed by atoms with Gasteiger partial charge in [-0.1, -0.05) is 34.1 Å². The lowest BCUT2D eigenvalue weighted by Gasteiger charge is -2.30. The molecule has 1 aliphatic rings. The van der Waals surface area contributed by atoms with Crippen molar-refractivity contribution in [3.8, 4) is 0 Å². The number of likely N-dealkylation sites (tertiary alicyclic amines) is 1. The van der Waals surface area contributed by atoms with Crippen LogP contribution in [0.4, 0.5) is 0 Å². The third-order valence-corrected chi connectivity index (χ3v) is 4.47. The fraction of sp³-hybridized carbons (Fsp3) is 0.375. The van der Waals surface area contributed by atoms with E-state index in [4.69, 9.17) is 0 Å². The van der Waals surface area contributed by atoms with Crippen LogP contribution in [-0.2, 0) is 0 Å². The third-order valence-electron chi connectivity index (χ3n) is 3.73. The van der Waals surface area contributed by atoms with E-state index in [2.05, 4.69) is 20.9 Å². The van der Waals surface area contributed by atoms with E-state index in [0.717, 1.165) is 48.1 Å². The molecular formula is C16H17BrN2O. The maximum Gasteiger partial charge on any atom is 0.254 e. The van der Waals surface area contributed by atoms with E-state index in [1.54, 1.807) is 0 Å². The number of nitrogens with zero attached hydrogens (tertiary/aromatic N) is 2. The molecule has 104 valence electrons. The number of benzene rings is 1. The van der Waals surface area contributed by atoms with E-state index < -0.39 is 0 Å². The molecule has 3 rings (SSSR count). The maximum absolute atomic E-state index is 12.8. The number of para-hydroxylation sites is 1. The molecule has 1 saturated heterocycles. The predicted octanol–water partition coefficient (Wildman–Crippen LogP) is 3.54. The Balaban J connectivity index is 2.02. The van der Waals surface area contributed by atoms with Gasteiger partial charge in [-0.2, -0.15) is 0 Å². The number of piperidine rings is 1. The Morgan fingerprint density at radius 3 is 3.00 bits per heavy atom. The number of hydrogen-bond acceptors (Lipinski definition) is 2. The molecule has 1 aliphatic heterocycles. The molecule has 0 bridgehead atoms. The lowest BCUT2D eigenvalue weighted by molar-refractivity contribution is 0.0732. The number of rotatable bonds is 1. The molecule has 0 N–H and O–H groups in total. The predicted molar refractivity (Wildman–Crippen MR) is 84.3 cm³/mol. The van der Waals surface area contributed by atoms with Gasteiger partial charge in [0.15, 0.2) is 0 Å². The number of halogens is 1. The molecule has 1 fully saturated rings. The van der Waals surface area contributed by atoms with Crippen LogP contribution >= 0.6 is 15.9 Å². The number of hydrogen-bond donors (Lipinski definition) is 0. The van der Waals surface area contributed by atoms with Crippen LogP contribution in [0.3, 0.4) is 0 Å². The highest BCUT2D eigenvalue weighted by Crippen LogP contribution is 2.23. The number of aromatic nitrogens is 1. The van der Waals surface area contributed by atoms with Gasteiger partial charge in [-0.05, 0) is 31.9 Å². The highest BCUT2D eigenvalue weighted by Gasteiger charge is 2.24. The first-order chi connectivity index (χ1) is 9.65. The van der Waals surface area contributed by atoms with Crippen molar-refractivity contribution in [2.45, 2.75) is 24.6 Å². The summed E-state index contributed by atoms with van der Waals surface area (Å²) in [6.45, 7) is 3.57. The van der Waals surface area contributed by atoms with Crippen molar-refractivity contribution in [2.75, 3.05) is 13.1 Å². The molecule has 1 unspecified atom stereocenters. The zero-order valence-electron chi connectivity index (χ0n) is 11.5. The number of aryl methyl sites for hydroxylation is 1. The normalized spacial score (nSPS) is 19.3. The molecular weight excluding hydrogens is 316 g/mol. The second kappa shape index (κ2) is 5.52. The van der Waals surface area contributed by atoms with Crippen LogP contribution in [0.1, 0.15) is 28.9 Å². The van der Waals surface area contributed by atoms with Crippen LogP contribution in [0.2, 0.25) is 0 Å². The topological polar surface area (TPSA) is 33.2 Å². The van der Waals surface area contributed by atoms with Gasteiger partial charge in [0.25, 0.3) is 5.91 Å². The largest absolute Gasteiger partial charge is 0.338 e. The maximum atomic E-state index is 12.8. The van der Waals surface area contributed by atoms with Crippen LogP contribution < -0.4 is 0 Å². The van der Waals surface area contributed by atoms with Gasteiger partial charge in [0.2, 0.25) is 0 Å². The first-order valence-corrected chi connectivity index (χ1v) is 7.86. The summed E-state index contributed by atoms with van der Waals surface area (Å²) in [7, 11) is 0. The molecule has 3 nitrogen and oxygen atoms in total. The first-order valence-electron chi connectivity index (χ1n) is 6.95. The number of carbonyl (C=O) groups excluding carboxylic acids is 1. The monoisotopic (exact) mass is 332 g/mol. The van der Waals surface area contributed by atoms with Gasteiger partial charge in [0.05, 0.1) is 11.1 Å². The van der Waals surface area contributed by atoms with Crippen molar-refractivity contribution in [2.24, 2.45) is 0 Å². The Morgan fingerprint density at radius 1 is 1.40 bits per heavy atom. The van der Waals surface area contributed by atoms with Gasteiger partial charge in [0.1, 0.15) is 0 Å². The molecule has 1 atom stereocenters. The van der Waals surface area contributed by atoms with E-state index in [1.807, 2.05) is 42.2 Å². The summed E-state index contributed by atoms with van der Waals surface area (Å²) in [6.07, 6.45) is 2.20. The van der Waals surface area contributed by atoms with E-state index >= 15 is 0 Å². The quantitative estimate of drug-likeness (QED) is 0.748. The molecule has 0 radical (unpaired) electrons. The zero-order valence-corrected chi connectivity index (χ0v) is 13.1. The number of pyridine rings is 1. The van der Waals surface area contributed by atoms with Crippen molar-refractivity contribution in [1.82, 2.24) is 9.88 Å². The van der Waals surface area contributed by atoms with Crippen LogP contribution in [0.25, 0.3) is 10.9 Å². The summed E-state index contributed by atoms with van der Waals surface area (Å²) in [5.41, 5.74) is 2.55. The van der Waals surface area contributed by atoms with Gasteiger partial charge in [-0.25, -0.2) is 0 Å². The van der Waals surface area contributed by atoms with Crippen LogP contribution in [-0.4, -0.2) is 33.7 Å². The van der Waals surface area contributed by atoms with Crippen LogP contribution in [0.5, 0.6) is 0 Å². The number of amides is 1. The van der Waals surface area contributed by atoms with Gasteiger partial charge in [-0.15, -0.1) is 0 Å². The minimum atomic E-state index is 0.121. The van der Waals surface area contributed by atoms with E-state index in [9.17, 15) is 4.79 Å². The molecule has 0 spiro atoms. The summed E-state index contributed by atoms with van der Waals surface area (Å²) >= 11 is 3.63. The van der Waals surface area contributed by atoms with Gasteiger partial charge < -0.3 is 4.90 Å². The molecule has 1 aromatic heterocycles. The van der Waals surface area contributed by atoms with Crippen molar-refractivity contribution in [1.29, 1.82) is 0 Å². The number of carbonyl (C=O) groups is 1. The summed E-state index contributed by atoms with van der Waals surface area (Å²) in [5, 5.41) is 0.944. The number of alkyl halides is 1. The highest BCUT2D eigenvalue weighted by molar-refractivity contribution is 9.09. The minimum absolute atomic E-state index is 0.121. The second-order valence-electron chi connectivity index (χ2n) is 5.32. The molecule has 1 aromatic carbocycles. The van der Waals surface area contributed by atoms with Gasteiger partial charge in [-0.3, -0.25) is 9.78 Å². The van der Waals surface area contributed by atoms with Crippen molar-refractivity contribution >= 4 is 32.7 Å². The lowest BCUT2D eigenvalue weighted by atomic mass is 10.0. The molecule has 0 saturated carbocycles. The molecule has 0 aliphatic carbocycles. The van der Waals surface area contributed by atoms with Gasteiger partial charge in [0, 0.05) is 29.0 Å². The second-order valence-corrected chi connectivity index (χ2v) is 6.61. The first kappa shape index (κ1) is 13.6. The smallest absolute Gasteiger partial charge is 0.254 e. The Kier molecular flexibility index (Phi) is 3.74. The summed E-state index contributed by atoms with van der Waals surface area (Å²) in [6, 6.07) is 9.76. The summed E-state index contributed by atoms with van der Waals surface area (Å²) in [4.78, 5) is 19.6. The van der Waals surface area contributed by atoms with Crippen molar-refractivity contribution in [3.63, 3.8) is 0 Å². The van der Waals surface area contributed by atoms with Gasteiger partial charge >= 0.3 is 0 Å². The summed E-state index contributed by atoms with van der Waals surface area (Å²) in [5.74, 6) is 0.121. The summed E-state index contributed by atoms with van der Waals surface area (Å²) < 4.78 is 0. The van der Waals surface area contributed by atoms with E-state index in [0.29, 0.717) is 4.83 Å². The van der Waals surface area contributed by atoms with Crippen molar-refractivity contribution in [3.05, 3.63) is 41.6 Å². The Labute approximate surface area is 127 Å². The molecule has 20 heavy (non-hydrogen) atoms. The zero-order chi connectivity index (χ0) is 14.1. The average Bonchev–Trinajstić information content (AvgIpc) is 2.45. The fourth-order valence-electron chi connectivity index (χ4n) is 2.76. The fourth-order valence-corrected chi connectivity index (χ4v) is 3.44. The Bertz CT molecular complexity index is 656. The van der Waals surface area contributed by atoms with Crippen LogP contribution in [0, 0.1) is 6.92 Å². The van der Waals surface area contributed by atoms with Crippen LogP contribution in [0.15, 0.2) is 30.3 Å². The lowest BCUT2D eigenvalue weighted by Crippen LogP contribution is -2.40. The average molecular weight is 333 g/mol. The molecule has 4 heteroatoms.